The molecule has 5 heteroatoms. The summed E-state index contributed by atoms with van der Waals surface area (Å²) in [4.78, 5) is 23.8. The van der Waals surface area contributed by atoms with Crippen molar-refractivity contribution in [2.24, 2.45) is 5.73 Å². The number of amides is 2. The third kappa shape index (κ3) is 4.44. The number of rotatable bonds is 6. The van der Waals surface area contributed by atoms with Crippen LogP contribution in [0.5, 0.6) is 5.75 Å². The second-order valence-corrected chi connectivity index (χ2v) is 4.71. The highest BCUT2D eigenvalue weighted by molar-refractivity contribution is 6.04. The van der Waals surface area contributed by atoms with E-state index in [-0.39, 0.29) is 5.70 Å². The molecule has 0 fully saturated rings. The van der Waals surface area contributed by atoms with Gasteiger partial charge in [0.25, 0.3) is 11.8 Å². The minimum atomic E-state index is -0.722. The lowest BCUT2D eigenvalue weighted by molar-refractivity contribution is -0.114. The van der Waals surface area contributed by atoms with Crippen molar-refractivity contribution in [3.8, 4) is 5.75 Å². The molecule has 0 saturated carbocycles. The molecule has 0 aliphatic rings. The van der Waals surface area contributed by atoms with Gasteiger partial charge in [-0.2, -0.15) is 0 Å². The zero-order chi connectivity index (χ0) is 16.7. The first-order valence-electron chi connectivity index (χ1n) is 7.21. The number of carbonyl (C=O) groups excluding carboxylic acids is 2. The van der Waals surface area contributed by atoms with E-state index in [4.69, 9.17) is 10.5 Å². The summed E-state index contributed by atoms with van der Waals surface area (Å²) >= 11 is 0. The van der Waals surface area contributed by atoms with Crippen LogP contribution in [0.25, 0.3) is 6.08 Å². The Morgan fingerprint density at radius 1 is 1.09 bits per heavy atom. The third-order valence-corrected chi connectivity index (χ3v) is 3.07. The highest BCUT2D eigenvalue weighted by Gasteiger charge is 2.12. The van der Waals surface area contributed by atoms with E-state index in [1.165, 1.54) is 6.08 Å². The predicted molar refractivity (Wildman–Crippen MR) is 88.7 cm³/mol. The summed E-state index contributed by atoms with van der Waals surface area (Å²) < 4.78 is 5.50. The molecule has 0 unspecified atom stereocenters. The van der Waals surface area contributed by atoms with Gasteiger partial charge in [0.15, 0.2) is 0 Å². The summed E-state index contributed by atoms with van der Waals surface area (Å²) in [6.45, 7) is 2.36. The van der Waals surface area contributed by atoms with E-state index < -0.39 is 11.8 Å². The fourth-order valence-electron chi connectivity index (χ4n) is 2.00. The van der Waals surface area contributed by atoms with Crippen LogP contribution < -0.4 is 15.8 Å². The van der Waals surface area contributed by atoms with Gasteiger partial charge < -0.3 is 15.8 Å². The Morgan fingerprint density at radius 3 is 2.39 bits per heavy atom. The molecule has 0 spiro atoms. The quantitative estimate of drug-likeness (QED) is 0.804. The van der Waals surface area contributed by atoms with Gasteiger partial charge in [-0.25, -0.2) is 0 Å². The van der Waals surface area contributed by atoms with Gasteiger partial charge in [0, 0.05) is 11.1 Å². The first kappa shape index (κ1) is 16.3. The van der Waals surface area contributed by atoms with Crippen molar-refractivity contribution in [3.63, 3.8) is 0 Å². The molecule has 2 rings (SSSR count). The van der Waals surface area contributed by atoms with Crippen LogP contribution in [-0.4, -0.2) is 18.4 Å². The fourth-order valence-corrected chi connectivity index (χ4v) is 2.00. The highest BCUT2D eigenvalue weighted by Crippen LogP contribution is 2.20. The van der Waals surface area contributed by atoms with Crippen LogP contribution in [-0.2, 0) is 4.79 Å². The first-order valence-corrected chi connectivity index (χ1v) is 7.21. The molecule has 2 aromatic rings. The third-order valence-electron chi connectivity index (χ3n) is 3.07. The standard InChI is InChI=1S/C18H18N2O3/c1-2-23-16-11-7-6-10-14(16)12-15(17(19)21)20-18(22)13-8-4-3-5-9-13/h3-12H,2H2,1H3,(H2,19,21)(H,20,22). The molecule has 0 bridgehead atoms. The maximum atomic E-state index is 12.2. The molecule has 0 saturated heterocycles. The number of ether oxygens (including phenoxy) is 1. The molecule has 23 heavy (non-hydrogen) atoms. The Balaban J connectivity index is 2.28. The summed E-state index contributed by atoms with van der Waals surface area (Å²) in [5.74, 6) is -0.507. The van der Waals surface area contributed by atoms with Crippen molar-refractivity contribution < 1.29 is 14.3 Å². The largest absolute Gasteiger partial charge is 0.493 e. The van der Waals surface area contributed by atoms with E-state index in [1.807, 2.05) is 19.1 Å². The molecule has 0 aliphatic heterocycles. The Kier molecular flexibility index (Phi) is 5.52. The minimum Gasteiger partial charge on any atom is -0.493 e. The smallest absolute Gasteiger partial charge is 0.265 e. The van der Waals surface area contributed by atoms with Crippen LogP contribution in [0.1, 0.15) is 22.8 Å². The summed E-state index contributed by atoms with van der Waals surface area (Å²) in [6.07, 6.45) is 1.51. The first-order chi connectivity index (χ1) is 11.1. The van der Waals surface area contributed by atoms with E-state index in [2.05, 4.69) is 5.32 Å². The average Bonchev–Trinajstić information content (AvgIpc) is 2.56. The van der Waals surface area contributed by atoms with Gasteiger partial charge in [-0.1, -0.05) is 36.4 Å². The van der Waals surface area contributed by atoms with Crippen LogP contribution in [0.3, 0.4) is 0 Å². The van der Waals surface area contributed by atoms with Crippen molar-refractivity contribution in [2.45, 2.75) is 6.92 Å². The van der Waals surface area contributed by atoms with E-state index >= 15 is 0 Å². The lowest BCUT2D eigenvalue weighted by Crippen LogP contribution is -2.31. The van der Waals surface area contributed by atoms with Gasteiger partial charge in [0.2, 0.25) is 0 Å². The topological polar surface area (TPSA) is 81.4 Å². The molecule has 0 atom stereocenters. The van der Waals surface area contributed by atoms with Crippen molar-refractivity contribution in [2.75, 3.05) is 6.61 Å². The van der Waals surface area contributed by atoms with Gasteiger partial charge in [0.1, 0.15) is 11.4 Å². The Bertz CT molecular complexity index is 724. The fraction of sp³-hybridized carbons (Fsp3) is 0.111. The Morgan fingerprint density at radius 2 is 1.74 bits per heavy atom. The van der Waals surface area contributed by atoms with E-state index in [0.29, 0.717) is 23.5 Å². The molecule has 0 aromatic heterocycles. The number of nitrogens with two attached hydrogens (primary N) is 1. The summed E-state index contributed by atoms with van der Waals surface area (Å²) in [5, 5.41) is 2.54. The van der Waals surface area contributed by atoms with Crippen LogP contribution in [0, 0.1) is 0 Å². The zero-order valence-corrected chi connectivity index (χ0v) is 12.8. The van der Waals surface area contributed by atoms with Gasteiger partial charge >= 0.3 is 0 Å². The van der Waals surface area contributed by atoms with E-state index in [0.717, 1.165) is 0 Å². The number of carbonyl (C=O) groups is 2. The van der Waals surface area contributed by atoms with E-state index in [1.54, 1.807) is 42.5 Å². The number of nitrogens with one attached hydrogen (secondary N) is 1. The monoisotopic (exact) mass is 310 g/mol. The summed E-state index contributed by atoms with van der Waals surface area (Å²) in [6, 6.07) is 15.8. The average molecular weight is 310 g/mol. The molecular weight excluding hydrogens is 292 g/mol. The van der Waals surface area contributed by atoms with Crippen LogP contribution >= 0.6 is 0 Å². The number of hydrogen-bond acceptors (Lipinski definition) is 3. The lowest BCUT2D eigenvalue weighted by Gasteiger charge is -2.10. The number of hydrogen-bond donors (Lipinski definition) is 2. The number of primary amides is 1. The zero-order valence-electron chi connectivity index (χ0n) is 12.8. The summed E-state index contributed by atoms with van der Waals surface area (Å²) in [7, 11) is 0. The molecule has 0 radical (unpaired) electrons. The Hall–Kier alpha value is -3.08. The molecule has 5 nitrogen and oxygen atoms in total. The maximum absolute atomic E-state index is 12.2. The molecular formula is C18H18N2O3. The van der Waals surface area contributed by atoms with Crippen LogP contribution in [0.4, 0.5) is 0 Å². The van der Waals surface area contributed by atoms with Crippen molar-refractivity contribution in [1.82, 2.24) is 5.32 Å². The maximum Gasteiger partial charge on any atom is 0.265 e. The molecule has 118 valence electrons. The van der Waals surface area contributed by atoms with Crippen molar-refractivity contribution in [1.29, 1.82) is 0 Å². The molecule has 0 aliphatic carbocycles. The van der Waals surface area contributed by atoms with Crippen LogP contribution in [0.2, 0.25) is 0 Å². The van der Waals surface area contributed by atoms with E-state index in [9.17, 15) is 9.59 Å². The second-order valence-electron chi connectivity index (χ2n) is 4.71. The lowest BCUT2D eigenvalue weighted by atomic mass is 10.1. The highest BCUT2D eigenvalue weighted by atomic mass is 16.5. The van der Waals surface area contributed by atoms with Crippen LogP contribution in [0.15, 0.2) is 60.3 Å². The minimum absolute atomic E-state index is 0.00556. The van der Waals surface area contributed by atoms with Gasteiger partial charge in [0.05, 0.1) is 6.61 Å². The van der Waals surface area contributed by atoms with Gasteiger partial charge in [-0.15, -0.1) is 0 Å². The number of para-hydroxylation sites is 1. The predicted octanol–water partition coefficient (Wildman–Crippen LogP) is 2.34. The molecule has 2 amide bonds. The normalized spacial score (nSPS) is 10.9. The van der Waals surface area contributed by atoms with Crippen molar-refractivity contribution >= 4 is 17.9 Å². The molecule has 2 aromatic carbocycles. The summed E-state index contributed by atoms with van der Waals surface area (Å²) in [5.41, 5.74) is 6.48. The Labute approximate surface area is 134 Å². The van der Waals surface area contributed by atoms with Gasteiger partial charge in [-0.3, -0.25) is 9.59 Å². The SMILES string of the molecule is CCOc1ccccc1C=C(NC(=O)c1ccccc1)C(N)=O. The molecule has 3 N–H and O–H groups in total. The van der Waals surface area contributed by atoms with Crippen molar-refractivity contribution in [3.05, 3.63) is 71.4 Å². The second kappa shape index (κ2) is 7.79. The number of benzene rings is 2. The van der Waals surface area contributed by atoms with Gasteiger partial charge in [-0.05, 0) is 31.2 Å². The molecule has 0 heterocycles.